The fourth-order valence-corrected chi connectivity index (χ4v) is 3.70. The number of piperidine rings is 1. The molecule has 1 unspecified atom stereocenters. The van der Waals surface area contributed by atoms with Crippen LogP contribution in [0.15, 0.2) is 43.2 Å². The van der Waals surface area contributed by atoms with Crippen molar-refractivity contribution >= 4 is 11.5 Å². The minimum absolute atomic E-state index is 0.321. The van der Waals surface area contributed by atoms with Gasteiger partial charge in [-0.05, 0) is 24.5 Å². The molecule has 0 bridgehead atoms. The average molecular weight is 371 g/mol. The molecule has 0 saturated carbocycles. The van der Waals surface area contributed by atoms with Crippen LogP contribution >= 0.6 is 0 Å². The number of aromatic nitrogens is 7. The van der Waals surface area contributed by atoms with Gasteiger partial charge in [0, 0.05) is 37.6 Å². The maximum Gasteiger partial charge on any atom is 0.180 e. The van der Waals surface area contributed by atoms with Gasteiger partial charge in [0.15, 0.2) is 17.2 Å². The highest BCUT2D eigenvalue weighted by atomic mass is 15.2. The second-order valence-electron chi connectivity index (χ2n) is 6.81. The Morgan fingerprint density at radius 1 is 1.18 bits per heavy atom. The summed E-state index contributed by atoms with van der Waals surface area (Å²) in [5.74, 6) is 1.90. The first-order valence-electron chi connectivity index (χ1n) is 9.12. The Hall–Kier alpha value is -3.80. The topological polar surface area (TPSA) is 112 Å². The maximum atomic E-state index is 9.12. The molecule has 4 aromatic rings. The minimum Gasteiger partial charge on any atom is -0.356 e. The van der Waals surface area contributed by atoms with E-state index in [1.165, 1.54) is 5.56 Å². The summed E-state index contributed by atoms with van der Waals surface area (Å²) in [6.45, 7) is 1.85. The first-order valence-corrected chi connectivity index (χ1v) is 9.12. The molecule has 0 aliphatic carbocycles. The number of fused-ring (bicyclic) bond motifs is 1. The normalized spacial score (nSPS) is 17.0. The molecule has 1 saturated heterocycles. The zero-order valence-electron chi connectivity index (χ0n) is 15.0. The molecule has 9 nitrogen and oxygen atoms in total. The summed E-state index contributed by atoms with van der Waals surface area (Å²) in [5.41, 5.74) is 2.94. The van der Waals surface area contributed by atoms with Gasteiger partial charge in [-0.25, -0.2) is 19.9 Å². The lowest BCUT2D eigenvalue weighted by Crippen LogP contribution is -2.34. The monoisotopic (exact) mass is 371 g/mol. The highest BCUT2D eigenvalue weighted by molar-refractivity contribution is 5.58. The smallest absolute Gasteiger partial charge is 0.180 e. The quantitative estimate of drug-likeness (QED) is 0.587. The SMILES string of the molecule is N#Cc1cn2c(-c3nccc(N4CCCC(c5cn[nH]c5)C4)n3)cnc2cn1. The number of H-pyrrole nitrogens is 1. The van der Waals surface area contributed by atoms with Gasteiger partial charge in [0.2, 0.25) is 0 Å². The second kappa shape index (κ2) is 6.74. The number of anilines is 1. The van der Waals surface area contributed by atoms with Gasteiger partial charge >= 0.3 is 0 Å². The summed E-state index contributed by atoms with van der Waals surface area (Å²) >= 11 is 0. The summed E-state index contributed by atoms with van der Waals surface area (Å²) in [6.07, 6.45) is 12.8. The number of aromatic amines is 1. The first-order chi connectivity index (χ1) is 13.8. The minimum atomic E-state index is 0.321. The zero-order chi connectivity index (χ0) is 18.9. The molecular weight excluding hydrogens is 354 g/mol. The Kier molecular flexibility index (Phi) is 3.94. The third-order valence-electron chi connectivity index (χ3n) is 5.12. The van der Waals surface area contributed by atoms with Crippen molar-refractivity contribution in [2.75, 3.05) is 18.0 Å². The van der Waals surface area contributed by atoms with Gasteiger partial charge in [0.25, 0.3) is 0 Å². The van der Waals surface area contributed by atoms with Crippen LogP contribution in [0, 0.1) is 11.3 Å². The van der Waals surface area contributed by atoms with Crippen molar-refractivity contribution < 1.29 is 0 Å². The lowest BCUT2D eigenvalue weighted by molar-refractivity contribution is 0.507. The van der Waals surface area contributed by atoms with Crippen LogP contribution in [0.5, 0.6) is 0 Å². The molecule has 1 N–H and O–H groups in total. The van der Waals surface area contributed by atoms with Gasteiger partial charge in [-0.3, -0.25) is 9.50 Å². The Morgan fingerprint density at radius 3 is 3.00 bits per heavy atom. The molecule has 138 valence electrons. The van der Waals surface area contributed by atoms with Crippen LogP contribution in [-0.4, -0.2) is 47.6 Å². The van der Waals surface area contributed by atoms with E-state index in [0.717, 1.165) is 37.4 Å². The largest absolute Gasteiger partial charge is 0.356 e. The van der Waals surface area contributed by atoms with E-state index < -0.39 is 0 Å². The molecule has 0 amide bonds. The van der Waals surface area contributed by atoms with E-state index in [1.54, 1.807) is 29.2 Å². The zero-order valence-corrected chi connectivity index (χ0v) is 15.0. The molecule has 0 aromatic carbocycles. The summed E-state index contributed by atoms with van der Waals surface area (Å²) < 4.78 is 1.80. The molecule has 9 heteroatoms. The standard InChI is InChI=1S/C19H17N9/c20-6-15-12-28-16(9-23-18(28)10-22-15)19-21-4-3-17(26-19)27-5-1-2-13(11-27)14-7-24-25-8-14/h3-4,7-10,12-13H,1-2,5,11H2,(H,24,25). The summed E-state index contributed by atoms with van der Waals surface area (Å²) in [4.78, 5) is 19.9. The Labute approximate surface area is 160 Å². The molecule has 1 atom stereocenters. The van der Waals surface area contributed by atoms with Crippen LogP contribution < -0.4 is 4.90 Å². The molecule has 0 spiro atoms. The van der Waals surface area contributed by atoms with Gasteiger partial charge in [-0.1, -0.05) is 0 Å². The van der Waals surface area contributed by atoms with Gasteiger partial charge < -0.3 is 4.90 Å². The van der Waals surface area contributed by atoms with Crippen LogP contribution in [-0.2, 0) is 0 Å². The van der Waals surface area contributed by atoms with E-state index in [-0.39, 0.29) is 0 Å². The number of nitriles is 1. The third kappa shape index (κ3) is 2.85. The van der Waals surface area contributed by atoms with Crippen LogP contribution in [0.3, 0.4) is 0 Å². The molecule has 1 aliphatic rings. The van der Waals surface area contributed by atoms with Gasteiger partial charge in [-0.15, -0.1) is 0 Å². The van der Waals surface area contributed by atoms with E-state index in [9.17, 15) is 0 Å². The van der Waals surface area contributed by atoms with E-state index in [0.29, 0.717) is 23.1 Å². The summed E-state index contributed by atoms with van der Waals surface area (Å²) in [6, 6.07) is 3.99. The number of imidazole rings is 1. The molecule has 0 radical (unpaired) electrons. The molecule has 5 rings (SSSR count). The van der Waals surface area contributed by atoms with E-state index >= 15 is 0 Å². The van der Waals surface area contributed by atoms with Crippen molar-refractivity contribution in [1.29, 1.82) is 5.26 Å². The van der Waals surface area contributed by atoms with Crippen LogP contribution in [0.2, 0.25) is 0 Å². The van der Waals surface area contributed by atoms with Crippen molar-refractivity contribution in [3.8, 4) is 17.6 Å². The molecule has 4 aromatic heterocycles. The molecule has 5 heterocycles. The first kappa shape index (κ1) is 16.4. The van der Waals surface area contributed by atoms with Crippen LogP contribution in [0.4, 0.5) is 5.82 Å². The fourth-order valence-electron chi connectivity index (χ4n) is 3.70. The highest BCUT2D eigenvalue weighted by Crippen LogP contribution is 2.29. The Bertz CT molecular complexity index is 1160. The number of hydrogen-bond donors (Lipinski definition) is 1. The Morgan fingerprint density at radius 2 is 2.14 bits per heavy atom. The molecule has 1 aliphatic heterocycles. The van der Waals surface area contributed by atoms with Gasteiger partial charge in [0.05, 0.1) is 18.6 Å². The van der Waals surface area contributed by atoms with Crippen molar-refractivity contribution in [1.82, 2.24) is 34.5 Å². The summed E-state index contributed by atoms with van der Waals surface area (Å²) in [7, 11) is 0. The average Bonchev–Trinajstić information content (AvgIpc) is 3.43. The number of hydrogen-bond acceptors (Lipinski definition) is 7. The van der Waals surface area contributed by atoms with Crippen LogP contribution in [0.25, 0.3) is 17.2 Å². The van der Waals surface area contributed by atoms with E-state index in [4.69, 9.17) is 10.2 Å². The lowest BCUT2D eigenvalue weighted by atomic mass is 9.93. The maximum absolute atomic E-state index is 9.12. The number of nitrogens with zero attached hydrogens (tertiary/aromatic N) is 8. The Balaban J connectivity index is 1.48. The lowest BCUT2D eigenvalue weighted by Gasteiger charge is -2.33. The van der Waals surface area contributed by atoms with Gasteiger partial charge in [0.1, 0.15) is 17.6 Å². The fraction of sp³-hybridized carbons (Fsp3) is 0.263. The number of nitrogens with one attached hydrogen (secondary N) is 1. The van der Waals surface area contributed by atoms with Crippen molar-refractivity contribution in [3.63, 3.8) is 0 Å². The van der Waals surface area contributed by atoms with Crippen LogP contribution in [0.1, 0.15) is 30.0 Å². The van der Waals surface area contributed by atoms with Gasteiger partial charge in [-0.2, -0.15) is 10.4 Å². The molecule has 1 fully saturated rings. The van der Waals surface area contributed by atoms with Crippen molar-refractivity contribution in [3.05, 3.63) is 54.5 Å². The van der Waals surface area contributed by atoms with E-state index in [1.807, 2.05) is 18.5 Å². The van der Waals surface area contributed by atoms with Crippen molar-refractivity contribution in [2.24, 2.45) is 0 Å². The van der Waals surface area contributed by atoms with Crippen molar-refractivity contribution in [2.45, 2.75) is 18.8 Å². The predicted molar refractivity (Wildman–Crippen MR) is 102 cm³/mol. The second-order valence-corrected chi connectivity index (χ2v) is 6.81. The molecule has 28 heavy (non-hydrogen) atoms. The highest BCUT2D eigenvalue weighted by Gasteiger charge is 2.23. The van der Waals surface area contributed by atoms with E-state index in [2.05, 4.69) is 36.1 Å². The third-order valence-corrected chi connectivity index (χ3v) is 5.12. The molecular formula is C19H17N9. The summed E-state index contributed by atoms with van der Waals surface area (Å²) in [5, 5.41) is 16.1. The predicted octanol–water partition coefficient (Wildman–Crippen LogP) is 2.17. The number of rotatable bonds is 3.